The maximum absolute atomic E-state index is 14.0. The Balaban J connectivity index is 2.25. The number of nitrogens with zero attached hydrogens (tertiary/aromatic N) is 1. The van der Waals surface area contributed by atoms with Crippen LogP contribution in [-0.2, 0) is 0 Å². The standard InChI is InChI=1S/C16H23F3N2/c1-16(2)4-3-6-21(7-5-16)15(10-20)11-8-13(18)14(19)9-12(11)17/h8-9,15H,3-7,10,20H2,1-2H3. The van der Waals surface area contributed by atoms with Gasteiger partial charge in [-0.25, -0.2) is 13.2 Å². The molecule has 118 valence electrons. The SMILES string of the molecule is CC1(C)CCCN(C(CN)c2cc(F)c(F)cc2F)CC1. The van der Waals surface area contributed by atoms with Crippen LogP contribution < -0.4 is 5.73 Å². The highest BCUT2D eigenvalue weighted by molar-refractivity contribution is 5.24. The highest BCUT2D eigenvalue weighted by Gasteiger charge is 2.29. The molecule has 1 heterocycles. The lowest BCUT2D eigenvalue weighted by Crippen LogP contribution is -2.35. The van der Waals surface area contributed by atoms with E-state index in [2.05, 4.69) is 18.7 Å². The van der Waals surface area contributed by atoms with Crippen molar-refractivity contribution in [2.45, 2.75) is 39.2 Å². The lowest BCUT2D eigenvalue weighted by Gasteiger charge is -2.31. The van der Waals surface area contributed by atoms with Gasteiger partial charge in [0.25, 0.3) is 0 Å². The molecule has 1 fully saturated rings. The Labute approximate surface area is 124 Å². The Morgan fingerprint density at radius 2 is 1.76 bits per heavy atom. The van der Waals surface area contributed by atoms with Crippen LogP contribution in [0, 0.1) is 22.9 Å². The first-order chi connectivity index (χ1) is 9.84. The van der Waals surface area contributed by atoms with Gasteiger partial charge in [0.1, 0.15) is 5.82 Å². The third-order valence-electron chi connectivity index (χ3n) is 4.44. The topological polar surface area (TPSA) is 29.3 Å². The minimum absolute atomic E-state index is 0.149. The van der Waals surface area contributed by atoms with Gasteiger partial charge in [0.05, 0.1) is 6.04 Å². The van der Waals surface area contributed by atoms with Gasteiger partial charge in [0.15, 0.2) is 11.6 Å². The van der Waals surface area contributed by atoms with Crippen LogP contribution in [0.1, 0.15) is 44.7 Å². The molecule has 0 saturated carbocycles. The first-order valence-corrected chi connectivity index (χ1v) is 7.42. The molecular formula is C16H23F3N2. The van der Waals surface area contributed by atoms with Crippen LogP contribution in [0.15, 0.2) is 12.1 Å². The van der Waals surface area contributed by atoms with Gasteiger partial charge in [-0.15, -0.1) is 0 Å². The molecule has 1 atom stereocenters. The molecule has 0 aromatic heterocycles. The Kier molecular flexibility index (Phi) is 4.94. The van der Waals surface area contributed by atoms with Gasteiger partial charge in [-0.1, -0.05) is 13.8 Å². The smallest absolute Gasteiger partial charge is 0.161 e. The van der Waals surface area contributed by atoms with Gasteiger partial charge in [-0.2, -0.15) is 0 Å². The van der Waals surface area contributed by atoms with Crippen molar-refractivity contribution < 1.29 is 13.2 Å². The van der Waals surface area contributed by atoms with Gasteiger partial charge in [-0.3, -0.25) is 4.90 Å². The van der Waals surface area contributed by atoms with Crippen molar-refractivity contribution in [2.24, 2.45) is 11.1 Å². The fourth-order valence-electron chi connectivity index (χ4n) is 3.02. The van der Waals surface area contributed by atoms with Crippen molar-refractivity contribution in [3.05, 3.63) is 35.1 Å². The van der Waals surface area contributed by atoms with E-state index in [9.17, 15) is 13.2 Å². The third-order valence-corrected chi connectivity index (χ3v) is 4.44. The van der Waals surface area contributed by atoms with E-state index in [0.29, 0.717) is 6.07 Å². The lowest BCUT2D eigenvalue weighted by atomic mass is 9.85. The number of rotatable bonds is 3. The molecule has 0 bridgehead atoms. The molecule has 0 spiro atoms. The highest BCUT2D eigenvalue weighted by atomic mass is 19.2. The van der Waals surface area contributed by atoms with Crippen LogP contribution in [-0.4, -0.2) is 24.5 Å². The van der Waals surface area contributed by atoms with Crippen molar-refractivity contribution in [3.8, 4) is 0 Å². The molecular weight excluding hydrogens is 277 g/mol. The van der Waals surface area contributed by atoms with E-state index >= 15 is 0 Å². The zero-order chi connectivity index (χ0) is 15.6. The Bertz CT molecular complexity index is 503. The maximum Gasteiger partial charge on any atom is 0.161 e. The maximum atomic E-state index is 14.0. The molecule has 0 radical (unpaired) electrons. The van der Waals surface area contributed by atoms with E-state index in [1.165, 1.54) is 0 Å². The Morgan fingerprint density at radius 3 is 2.43 bits per heavy atom. The van der Waals surface area contributed by atoms with Crippen LogP contribution in [0.3, 0.4) is 0 Å². The van der Waals surface area contributed by atoms with Gasteiger partial charge in [0, 0.05) is 18.2 Å². The van der Waals surface area contributed by atoms with Crippen molar-refractivity contribution in [1.29, 1.82) is 0 Å². The monoisotopic (exact) mass is 300 g/mol. The van der Waals surface area contributed by atoms with Crippen LogP contribution in [0.2, 0.25) is 0 Å². The molecule has 1 aliphatic heterocycles. The molecule has 0 amide bonds. The van der Waals surface area contributed by atoms with E-state index in [-0.39, 0.29) is 17.5 Å². The zero-order valence-electron chi connectivity index (χ0n) is 12.6. The van der Waals surface area contributed by atoms with Crippen LogP contribution in [0.25, 0.3) is 0 Å². The minimum atomic E-state index is -1.16. The van der Waals surface area contributed by atoms with Crippen molar-refractivity contribution in [1.82, 2.24) is 4.90 Å². The highest BCUT2D eigenvalue weighted by Crippen LogP contribution is 2.33. The zero-order valence-corrected chi connectivity index (χ0v) is 12.6. The predicted octanol–water partition coefficient (Wildman–Crippen LogP) is 3.62. The molecule has 0 aliphatic carbocycles. The second kappa shape index (κ2) is 6.36. The molecule has 5 heteroatoms. The number of nitrogens with two attached hydrogens (primary N) is 1. The van der Waals surface area contributed by atoms with Crippen molar-refractivity contribution in [3.63, 3.8) is 0 Å². The second-order valence-electron chi connectivity index (χ2n) is 6.59. The molecule has 1 aliphatic rings. The van der Waals surface area contributed by atoms with E-state index in [1.807, 2.05) is 0 Å². The number of hydrogen-bond acceptors (Lipinski definition) is 2. The van der Waals surface area contributed by atoms with Gasteiger partial charge < -0.3 is 5.73 Å². The molecule has 2 nitrogen and oxygen atoms in total. The number of benzene rings is 1. The summed E-state index contributed by atoms with van der Waals surface area (Å²) in [6.07, 6.45) is 3.07. The number of likely N-dealkylation sites (tertiary alicyclic amines) is 1. The van der Waals surface area contributed by atoms with Gasteiger partial charge >= 0.3 is 0 Å². The molecule has 1 saturated heterocycles. The van der Waals surface area contributed by atoms with E-state index in [4.69, 9.17) is 5.73 Å². The lowest BCUT2D eigenvalue weighted by molar-refractivity contribution is 0.195. The van der Waals surface area contributed by atoms with Crippen LogP contribution in [0.4, 0.5) is 13.2 Å². The molecule has 1 aromatic carbocycles. The first-order valence-electron chi connectivity index (χ1n) is 7.42. The van der Waals surface area contributed by atoms with E-state index in [0.717, 1.165) is 38.4 Å². The van der Waals surface area contributed by atoms with E-state index in [1.54, 1.807) is 0 Å². The Morgan fingerprint density at radius 1 is 1.10 bits per heavy atom. The summed E-state index contributed by atoms with van der Waals surface area (Å²) in [5.41, 5.74) is 6.19. The van der Waals surface area contributed by atoms with Crippen molar-refractivity contribution >= 4 is 0 Å². The summed E-state index contributed by atoms with van der Waals surface area (Å²) in [4.78, 5) is 2.09. The minimum Gasteiger partial charge on any atom is -0.329 e. The normalized spacial score (nSPS) is 21.0. The number of halogens is 3. The fourth-order valence-corrected chi connectivity index (χ4v) is 3.02. The largest absolute Gasteiger partial charge is 0.329 e. The quantitative estimate of drug-likeness (QED) is 0.864. The van der Waals surface area contributed by atoms with Crippen molar-refractivity contribution in [2.75, 3.05) is 19.6 Å². The van der Waals surface area contributed by atoms with Gasteiger partial charge in [-0.05, 0) is 43.8 Å². The molecule has 2 N–H and O–H groups in total. The fraction of sp³-hybridized carbons (Fsp3) is 0.625. The average molecular weight is 300 g/mol. The summed E-state index contributed by atoms with van der Waals surface area (Å²) in [5.74, 6) is -2.92. The summed E-state index contributed by atoms with van der Waals surface area (Å²) in [5, 5.41) is 0. The Hall–Kier alpha value is -1.07. The average Bonchev–Trinajstić information content (AvgIpc) is 2.58. The first kappa shape index (κ1) is 16.3. The summed E-state index contributed by atoms with van der Waals surface area (Å²) in [6, 6.07) is 1.14. The molecule has 21 heavy (non-hydrogen) atoms. The van der Waals surface area contributed by atoms with Crippen LogP contribution >= 0.6 is 0 Å². The summed E-state index contributed by atoms with van der Waals surface area (Å²) >= 11 is 0. The third kappa shape index (κ3) is 3.77. The summed E-state index contributed by atoms with van der Waals surface area (Å²) < 4.78 is 40.5. The van der Waals surface area contributed by atoms with Gasteiger partial charge in [0.2, 0.25) is 0 Å². The second-order valence-corrected chi connectivity index (χ2v) is 6.59. The molecule has 1 unspecified atom stereocenters. The summed E-state index contributed by atoms with van der Waals surface area (Å²) in [7, 11) is 0. The van der Waals surface area contributed by atoms with E-state index < -0.39 is 23.5 Å². The predicted molar refractivity (Wildman–Crippen MR) is 77.3 cm³/mol. The number of hydrogen-bond donors (Lipinski definition) is 1. The molecule has 2 rings (SSSR count). The summed E-state index contributed by atoms with van der Waals surface area (Å²) in [6.45, 7) is 6.19. The molecule has 1 aromatic rings. The van der Waals surface area contributed by atoms with Crippen LogP contribution in [0.5, 0.6) is 0 Å².